The summed E-state index contributed by atoms with van der Waals surface area (Å²) in [4.78, 5) is 19.0. The highest BCUT2D eigenvalue weighted by atomic mass is 35.5. The van der Waals surface area contributed by atoms with Gasteiger partial charge in [0.1, 0.15) is 5.82 Å². The van der Waals surface area contributed by atoms with Crippen LogP contribution < -0.4 is 9.80 Å². The molecule has 2 saturated heterocycles. The van der Waals surface area contributed by atoms with Crippen LogP contribution in [0.1, 0.15) is 10.4 Å². The Morgan fingerprint density at radius 3 is 2.08 bits per heavy atom. The van der Waals surface area contributed by atoms with E-state index in [2.05, 4.69) is 5.10 Å². The first-order valence-corrected chi connectivity index (χ1v) is 13.9. The third-order valence-corrected chi connectivity index (χ3v) is 8.96. The number of piperazine rings is 2. The van der Waals surface area contributed by atoms with Crippen LogP contribution in [0.4, 0.5) is 15.8 Å². The molecule has 0 saturated carbocycles. The fourth-order valence-electron chi connectivity index (χ4n) is 4.83. The molecule has 0 unspecified atom stereocenters. The average Bonchev–Trinajstić information content (AvgIpc) is 3.31. The number of aryl methyl sites for hydroxylation is 1. The van der Waals surface area contributed by atoms with Gasteiger partial charge in [0.15, 0.2) is 0 Å². The highest BCUT2D eigenvalue weighted by Crippen LogP contribution is 2.28. The number of sulfonamides is 1. The number of hydrogen-bond donors (Lipinski definition) is 0. The Balaban J connectivity index is 1.29. The van der Waals surface area contributed by atoms with Gasteiger partial charge in [-0.3, -0.25) is 9.48 Å². The molecule has 3 aromatic rings. The van der Waals surface area contributed by atoms with Crippen molar-refractivity contribution in [2.75, 3.05) is 62.2 Å². The van der Waals surface area contributed by atoms with Crippen LogP contribution >= 0.6 is 11.6 Å². The lowest BCUT2D eigenvalue weighted by atomic mass is 10.2. The molecule has 196 valence electrons. The molecule has 9 nitrogen and oxygen atoms in total. The number of halogens is 2. The molecule has 2 fully saturated rings. The zero-order valence-electron chi connectivity index (χ0n) is 20.4. The van der Waals surface area contributed by atoms with Crippen LogP contribution in [0.15, 0.2) is 59.8 Å². The molecule has 3 heterocycles. The van der Waals surface area contributed by atoms with Crippen LogP contribution in [0.5, 0.6) is 0 Å². The van der Waals surface area contributed by atoms with Crippen molar-refractivity contribution >= 4 is 38.9 Å². The van der Waals surface area contributed by atoms with E-state index in [-0.39, 0.29) is 29.5 Å². The van der Waals surface area contributed by atoms with E-state index in [9.17, 15) is 17.6 Å². The normalized spacial score (nSPS) is 17.3. The van der Waals surface area contributed by atoms with Crippen molar-refractivity contribution in [1.29, 1.82) is 0 Å². The number of amides is 1. The molecular weight excluding hydrogens is 519 g/mol. The molecular formula is C25H28ClFN6O3S. The Morgan fingerprint density at radius 2 is 1.43 bits per heavy atom. The SMILES string of the molecule is Cn1cc(C(=O)N2CCN(c3ccccc3F)CC2)c(S(=O)(=O)N2CCN(c3ccccc3Cl)CC2)n1. The Hall–Kier alpha value is -3.15. The van der Waals surface area contributed by atoms with E-state index in [4.69, 9.17) is 11.6 Å². The van der Waals surface area contributed by atoms with Crippen LogP contribution in [0.3, 0.4) is 0 Å². The zero-order chi connectivity index (χ0) is 26.2. The summed E-state index contributed by atoms with van der Waals surface area (Å²) in [6.45, 7) is 3.01. The summed E-state index contributed by atoms with van der Waals surface area (Å²) in [6, 6.07) is 14.0. The molecule has 0 radical (unpaired) electrons. The summed E-state index contributed by atoms with van der Waals surface area (Å²) in [5.74, 6) is -0.702. The predicted molar refractivity (Wildman–Crippen MR) is 140 cm³/mol. The van der Waals surface area contributed by atoms with Crippen LogP contribution in [0.2, 0.25) is 5.02 Å². The van der Waals surface area contributed by atoms with Gasteiger partial charge in [0, 0.05) is 65.6 Å². The largest absolute Gasteiger partial charge is 0.368 e. The first-order valence-electron chi connectivity index (χ1n) is 12.1. The first-order chi connectivity index (χ1) is 17.8. The van der Waals surface area contributed by atoms with E-state index in [0.717, 1.165) is 5.69 Å². The number of carbonyl (C=O) groups excluding carboxylic acids is 1. The van der Waals surface area contributed by atoms with Crippen molar-refractivity contribution in [1.82, 2.24) is 19.0 Å². The number of nitrogens with zero attached hydrogens (tertiary/aromatic N) is 6. The number of hydrogen-bond acceptors (Lipinski definition) is 6. The van der Waals surface area contributed by atoms with Crippen LogP contribution in [-0.2, 0) is 17.1 Å². The van der Waals surface area contributed by atoms with Crippen LogP contribution in [0.25, 0.3) is 0 Å². The molecule has 0 spiro atoms. The quantitative estimate of drug-likeness (QED) is 0.489. The Bertz CT molecular complexity index is 1400. The molecule has 2 aliphatic rings. The number of carbonyl (C=O) groups is 1. The lowest BCUT2D eigenvalue weighted by Gasteiger charge is -2.36. The van der Waals surface area contributed by atoms with Crippen LogP contribution in [-0.4, -0.2) is 85.7 Å². The molecule has 2 aromatic carbocycles. The van der Waals surface area contributed by atoms with E-state index < -0.39 is 15.9 Å². The Kier molecular flexibility index (Phi) is 7.11. The second-order valence-corrected chi connectivity index (χ2v) is 11.4. The van der Waals surface area contributed by atoms with Gasteiger partial charge in [-0.2, -0.15) is 9.40 Å². The van der Waals surface area contributed by atoms with Crippen LogP contribution in [0, 0.1) is 5.82 Å². The Labute approximate surface area is 220 Å². The lowest BCUT2D eigenvalue weighted by molar-refractivity contribution is 0.0742. The topological polar surface area (TPSA) is 82.0 Å². The van der Waals surface area contributed by atoms with Gasteiger partial charge in [-0.15, -0.1) is 0 Å². The summed E-state index contributed by atoms with van der Waals surface area (Å²) in [7, 11) is -2.40. The van der Waals surface area contributed by atoms with E-state index in [1.165, 1.54) is 21.3 Å². The van der Waals surface area contributed by atoms with Gasteiger partial charge in [-0.05, 0) is 24.3 Å². The number of benzene rings is 2. The summed E-state index contributed by atoms with van der Waals surface area (Å²) in [5, 5.41) is 4.57. The third-order valence-electron chi connectivity index (χ3n) is 6.80. The number of rotatable bonds is 5. The summed E-state index contributed by atoms with van der Waals surface area (Å²) < 4.78 is 44.1. The standard InChI is InChI=1S/C25H28ClFN6O3S/c1-29-18-19(25(34)32-12-10-31(11-13-32)23-9-5-3-7-21(23)27)24(28-29)37(35,36)33-16-14-30(15-17-33)22-8-4-2-6-20(22)26/h2-9,18H,10-17H2,1H3. The van der Waals surface area contributed by atoms with Crippen molar-refractivity contribution in [3.8, 4) is 0 Å². The Morgan fingerprint density at radius 1 is 0.865 bits per heavy atom. The number of para-hydroxylation sites is 2. The first kappa shape index (κ1) is 25.5. The zero-order valence-corrected chi connectivity index (χ0v) is 22.0. The highest BCUT2D eigenvalue weighted by molar-refractivity contribution is 7.89. The van der Waals surface area contributed by atoms with Gasteiger partial charge >= 0.3 is 0 Å². The molecule has 1 amide bonds. The molecule has 5 rings (SSSR count). The molecule has 37 heavy (non-hydrogen) atoms. The molecule has 0 atom stereocenters. The van der Waals surface area contributed by atoms with Gasteiger partial charge < -0.3 is 14.7 Å². The lowest BCUT2D eigenvalue weighted by Crippen LogP contribution is -2.50. The monoisotopic (exact) mass is 546 g/mol. The smallest absolute Gasteiger partial charge is 0.263 e. The van der Waals surface area contributed by atoms with E-state index in [1.807, 2.05) is 34.1 Å². The fraction of sp³-hybridized carbons (Fsp3) is 0.360. The average molecular weight is 547 g/mol. The minimum atomic E-state index is -4.00. The van der Waals surface area contributed by atoms with Gasteiger partial charge in [-0.1, -0.05) is 35.9 Å². The predicted octanol–water partition coefficient (Wildman–Crippen LogP) is 2.69. The van der Waals surface area contributed by atoms with E-state index in [1.54, 1.807) is 30.1 Å². The van der Waals surface area contributed by atoms with Crippen molar-refractivity contribution in [2.24, 2.45) is 7.05 Å². The van der Waals surface area contributed by atoms with E-state index in [0.29, 0.717) is 50.0 Å². The third kappa shape index (κ3) is 5.03. The fourth-order valence-corrected chi connectivity index (χ4v) is 6.63. The second-order valence-electron chi connectivity index (χ2n) is 9.09. The highest BCUT2D eigenvalue weighted by Gasteiger charge is 2.36. The molecule has 0 N–H and O–H groups in total. The minimum Gasteiger partial charge on any atom is -0.368 e. The van der Waals surface area contributed by atoms with Crippen molar-refractivity contribution in [3.05, 3.63) is 71.1 Å². The van der Waals surface area contributed by atoms with Gasteiger partial charge in [0.25, 0.3) is 15.9 Å². The molecule has 0 aliphatic carbocycles. The maximum atomic E-state index is 14.2. The summed E-state index contributed by atoms with van der Waals surface area (Å²) in [5.41, 5.74) is 1.41. The van der Waals surface area contributed by atoms with Gasteiger partial charge in [0.05, 0.1) is 22.0 Å². The van der Waals surface area contributed by atoms with Gasteiger partial charge in [-0.25, -0.2) is 12.8 Å². The maximum absolute atomic E-state index is 14.2. The molecule has 0 bridgehead atoms. The van der Waals surface area contributed by atoms with Gasteiger partial charge in [0.2, 0.25) is 5.03 Å². The number of anilines is 2. The van der Waals surface area contributed by atoms with Crippen molar-refractivity contribution in [2.45, 2.75) is 5.03 Å². The number of aromatic nitrogens is 2. The molecule has 1 aromatic heterocycles. The van der Waals surface area contributed by atoms with E-state index >= 15 is 0 Å². The maximum Gasteiger partial charge on any atom is 0.263 e. The second kappa shape index (κ2) is 10.3. The van der Waals surface area contributed by atoms with Crippen molar-refractivity contribution < 1.29 is 17.6 Å². The minimum absolute atomic E-state index is 0.0513. The summed E-state index contributed by atoms with van der Waals surface area (Å²) >= 11 is 6.31. The van der Waals surface area contributed by atoms with Crippen molar-refractivity contribution in [3.63, 3.8) is 0 Å². The molecule has 2 aliphatic heterocycles. The molecule has 12 heteroatoms. The summed E-state index contributed by atoms with van der Waals surface area (Å²) in [6.07, 6.45) is 1.46.